The molecule has 0 aliphatic heterocycles. The third-order valence-corrected chi connectivity index (χ3v) is 5.73. The number of carbonyl (C=O) groups excluding carboxylic acids is 1. The average molecular weight is 393 g/mol. The minimum Gasteiger partial charge on any atom is -0.294 e. The molecule has 0 aliphatic carbocycles. The molecule has 0 radical (unpaired) electrons. The van der Waals surface area contributed by atoms with Crippen LogP contribution in [0, 0.1) is 28.1 Å². The van der Waals surface area contributed by atoms with Gasteiger partial charge >= 0.3 is 0 Å². The van der Waals surface area contributed by atoms with Crippen LogP contribution in [0.3, 0.4) is 0 Å². The van der Waals surface area contributed by atoms with Gasteiger partial charge in [-0.25, -0.2) is 0 Å². The van der Waals surface area contributed by atoms with Crippen LogP contribution >= 0.6 is 0 Å². The number of carbonyl (C=O) groups is 1. The summed E-state index contributed by atoms with van der Waals surface area (Å²) < 4.78 is 1.52. The molecular formula is C26H23N3O. The van der Waals surface area contributed by atoms with E-state index in [4.69, 9.17) is 0 Å². The molecule has 1 aromatic heterocycles. The van der Waals surface area contributed by atoms with Gasteiger partial charge in [0.05, 0.1) is 17.6 Å². The number of nitrogens with zero attached hydrogens (tertiary/aromatic N) is 3. The monoisotopic (exact) mass is 393 g/mol. The lowest BCUT2D eigenvalue weighted by Gasteiger charge is -2.42. The molecule has 0 N–H and O–H groups in total. The molecular weight excluding hydrogens is 370 g/mol. The molecule has 3 aromatic rings. The maximum absolute atomic E-state index is 13.9. The van der Waals surface area contributed by atoms with E-state index < -0.39 is 16.7 Å². The van der Waals surface area contributed by atoms with Crippen molar-refractivity contribution in [2.24, 2.45) is 5.41 Å². The Balaban J connectivity index is 2.38. The first-order valence-corrected chi connectivity index (χ1v) is 9.75. The Labute approximate surface area is 177 Å². The quantitative estimate of drug-likeness (QED) is 0.499. The SMILES string of the molecule is C=CCC(C#N)(C#N)[C@H](c1ccccc1)[C@](C)(C(=O)n1cccc1)c1ccccc1. The van der Waals surface area contributed by atoms with E-state index in [2.05, 4.69) is 18.7 Å². The number of benzene rings is 2. The molecule has 0 aliphatic rings. The Hall–Kier alpha value is -3.89. The lowest BCUT2D eigenvalue weighted by Crippen LogP contribution is -2.48. The second-order valence-electron chi connectivity index (χ2n) is 7.50. The summed E-state index contributed by atoms with van der Waals surface area (Å²) >= 11 is 0. The van der Waals surface area contributed by atoms with Crippen LogP contribution < -0.4 is 0 Å². The Bertz CT molecular complexity index is 1070. The summed E-state index contributed by atoms with van der Waals surface area (Å²) in [6.45, 7) is 5.60. The van der Waals surface area contributed by atoms with Gasteiger partial charge in [-0.15, -0.1) is 6.58 Å². The van der Waals surface area contributed by atoms with Gasteiger partial charge in [-0.05, 0) is 36.6 Å². The molecule has 148 valence electrons. The fraction of sp³-hybridized carbons (Fsp3) is 0.192. The molecule has 0 saturated carbocycles. The van der Waals surface area contributed by atoms with Gasteiger partial charge in [0.15, 0.2) is 5.41 Å². The fourth-order valence-electron chi connectivity index (χ4n) is 4.28. The lowest BCUT2D eigenvalue weighted by molar-refractivity contribution is 0.0746. The first kappa shape index (κ1) is 20.8. The highest BCUT2D eigenvalue weighted by atomic mass is 16.2. The predicted molar refractivity (Wildman–Crippen MR) is 117 cm³/mol. The molecule has 0 unspecified atom stereocenters. The number of allylic oxidation sites excluding steroid dienone is 1. The minimum absolute atomic E-state index is 0.140. The maximum atomic E-state index is 13.9. The van der Waals surface area contributed by atoms with Crippen LogP contribution in [0.15, 0.2) is 97.8 Å². The van der Waals surface area contributed by atoms with Crippen molar-refractivity contribution < 1.29 is 4.79 Å². The van der Waals surface area contributed by atoms with Crippen molar-refractivity contribution in [3.05, 3.63) is 109 Å². The zero-order chi connectivity index (χ0) is 21.6. The van der Waals surface area contributed by atoms with Crippen LogP contribution in [0.5, 0.6) is 0 Å². The second-order valence-corrected chi connectivity index (χ2v) is 7.50. The normalized spacial score (nSPS) is 14.0. The number of hydrogen-bond donors (Lipinski definition) is 0. The Morgan fingerprint density at radius 2 is 1.53 bits per heavy atom. The first-order chi connectivity index (χ1) is 14.5. The number of hydrogen-bond acceptors (Lipinski definition) is 3. The largest absolute Gasteiger partial charge is 0.294 e. The molecule has 2 atom stereocenters. The highest BCUT2D eigenvalue weighted by Crippen LogP contribution is 2.51. The van der Waals surface area contributed by atoms with E-state index in [1.807, 2.05) is 67.6 Å². The van der Waals surface area contributed by atoms with Crippen LogP contribution in [0.1, 0.15) is 35.2 Å². The molecule has 4 heteroatoms. The zero-order valence-electron chi connectivity index (χ0n) is 16.9. The van der Waals surface area contributed by atoms with Crippen LogP contribution in [0.2, 0.25) is 0 Å². The lowest BCUT2D eigenvalue weighted by atomic mass is 9.57. The van der Waals surface area contributed by atoms with Crippen molar-refractivity contribution >= 4 is 5.91 Å². The average Bonchev–Trinajstić information content (AvgIpc) is 3.34. The summed E-state index contributed by atoms with van der Waals surface area (Å²) in [5.74, 6) is -0.928. The molecule has 2 aromatic carbocycles. The van der Waals surface area contributed by atoms with Crippen molar-refractivity contribution in [3.8, 4) is 12.1 Å². The topological polar surface area (TPSA) is 69.6 Å². The molecule has 3 rings (SSSR count). The maximum Gasteiger partial charge on any atom is 0.241 e. The van der Waals surface area contributed by atoms with Crippen molar-refractivity contribution in [3.63, 3.8) is 0 Å². The van der Waals surface area contributed by atoms with E-state index >= 15 is 0 Å². The van der Waals surface area contributed by atoms with Gasteiger partial charge in [-0.1, -0.05) is 66.7 Å². The van der Waals surface area contributed by atoms with Crippen LogP contribution in [0.4, 0.5) is 0 Å². The first-order valence-electron chi connectivity index (χ1n) is 9.75. The van der Waals surface area contributed by atoms with Gasteiger partial charge < -0.3 is 0 Å². The van der Waals surface area contributed by atoms with Gasteiger partial charge in [0.2, 0.25) is 5.91 Å². The zero-order valence-corrected chi connectivity index (χ0v) is 16.9. The summed E-state index contributed by atoms with van der Waals surface area (Å²) in [6.07, 6.45) is 5.11. The highest BCUT2D eigenvalue weighted by molar-refractivity contribution is 5.91. The third kappa shape index (κ3) is 3.45. The second kappa shape index (κ2) is 8.64. The minimum atomic E-state index is -1.48. The van der Waals surface area contributed by atoms with Gasteiger partial charge in [-0.3, -0.25) is 9.36 Å². The van der Waals surface area contributed by atoms with Crippen molar-refractivity contribution in [1.29, 1.82) is 10.5 Å². The van der Waals surface area contributed by atoms with E-state index in [0.29, 0.717) is 0 Å². The van der Waals surface area contributed by atoms with Crippen molar-refractivity contribution in [1.82, 2.24) is 4.57 Å². The standard InChI is InChI=1S/C26H23N3O/c1-3-16-26(19-27,20-28)23(21-12-6-4-7-13-21)25(2,22-14-8-5-9-15-22)24(30)29-17-10-11-18-29/h3-15,17-18,23H,1,16H2,2H3/t23-,25-/m1/s1. The predicted octanol–water partition coefficient (Wildman–Crippen LogP) is 5.48. The molecule has 4 nitrogen and oxygen atoms in total. The summed E-state index contributed by atoms with van der Waals surface area (Å²) in [6, 6.07) is 26.8. The molecule has 30 heavy (non-hydrogen) atoms. The number of nitriles is 2. The van der Waals surface area contributed by atoms with Crippen molar-refractivity contribution in [2.75, 3.05) is 0 Å². The van der Waals surface area contributed by atoms with Gasteiger partial charge in [0.1, 0.15) is 0 Å². The van der Waals surface area contributed by atoms with E-state index in [1.54, 1.807) is 30.6 Å². The summed E-state index contributed by atoms with van der Waals surface area (Å²) in [5, 5.41) is 20.4. The number of aromatic nitrogens is 1. The van der Waals surface area contributed by atoms with E-state index in [0.717, 1.165) is 11.1 Å². The summed E-state index contributed by atoms with van der Waals surface area (Å²) in [4.78, 5) is 13.9. The smallest absolute Gasteiger partial charge is 0.241 e. The Kier molecular flexibility index (Phi) is 6.00. The highest BCUT2D eigenvalue weighted by Gasteiger charge is 2.55. The van der Waals surface area contributed by atoms with E-state index in [1.165, 1.54) is 4.57 Å². The molecule has 0 amide bonds. The Morgan fingerprint density at radius 3 is 2.03 bits per heavy atom. The Morgan fingerprint density at radius 1 is 1.00 bits per heavy atom. The van der Waals surface area contributed by atoms with Crippen molar-refractivity contribution in [2.45, 2.75) is 24.7 Å². The van der Waals surface area contributed by atoms with Crippen LogP contribution in [0.25, 0.3) is 0 Å². The van der Waals surface area contributed by atoms with Crippen LogP contribution in [-0.4, -0.2) is 10.5 Å². The van der Waals surface area contributed by atoms with Crippen LogP contribution in [-0.2, 0) is 5.41 Å². The molecule has 0 saturated heterocycles. The molecule has 0 fully saturated rings. The number of rotatable bonds is 7. The molecule has 0 spiro atoms. The molecule has 0 bridgehead atoms. The summed E-state index contributed by atoms with van der Waals surface area (Å²) in [5.41, 5.74) is -1.15. The van der Waals surface area contributed by atoms with E-state index in [-0.39, 0.29) is 12.3 Å². The molecule has 1 heterocycles. The van der Waals surface area contributed by atoms with E-state index in [9.17, 15) is 15.3 Å². The third-order valence-electron chi connectivity index (χ3n) is 5.73. The van der Waals surface area contributed by atoms with Gasteiger partial charge in [-0.2, -0.15) is 10.5 Å². The summed E-state index contributed by atoms with van der Waals surface area (Å²) in [7, 11) is 0. The van der Waals surface area contributed by atoms with Gasteiger partial charge in [0, 0.05) is 18.3 Å². The van der Waals surface area contributed by atoms with Gasteiger partial charge in [0.25, 0.3) is 0 Å². The fourth-order valence-corrected chi connectivity index (χ4v) is 4.28.